The molecule has 3 N–H and O–H groups in total. The predicted octanol–water partition coefficient (Wildman–Crippen LogP) is -0.576. The van der Waals surface area contributed by atoms with Gasteiger partial charge in [0.1, 0.15) is 6.61 Å². The van der Waals surface area contributed by atoms with Gasteiger partial charge in [-0.1, -0.05) is 11.8 Å². The first kappa shape index (κ1) is 8.37. The lowest BCUT2D eigenvalue weighted by Crippen LogP contribution is -2.03. The van der Waals surface area contributed by atoms with Gasteiger partial charge in [-0.15, -0.1) is 0 Å². The Morgan fingerprint density at radius 2 is 2.33 bits per heavy atom. The fourth-order valence-corrected chi connectivity index (χ4v) is 0.686. The Bertz CT molecular complexity index is 383. The van der Waals surface area contributed by atoms with E-state index in [0.717, 1.165) is 0 Å². The zero-order valence-corrected chi connectivity index (χ0v) is 6.16. The van der Waals surface area contributed by atoms with E-state index in [9.17, 15) is 4.79 Å². The van der Waals surface area contributed by atoms with Crippen LogP contribution < -0.4 is 5.56 Å². The van der Waals surface area contributed by atoms with E-state index in [0.29, 0.717) is 5.56 Å². The summed E-state index contributed by atoms with van der Waals surface area (Å²) in [5.41, 5.74) is -0.0919. The van der Waals surface area contributed by atoms with E-state index in [1.807, 2.05) is 0 Å². The molecule has 1 aromatic heterocycles. The zero-order valence-electron chi connectivity index (χ0n) is 6.16. The molecule has 12 heavy (non-hydrogen) atoms. The first-order chi connectivity index (χ1) is 5.74. The molecule has 62 valence electrons. The monoisotopic (exact) mass is 165 g/mol. The maximum Gasteiger partial charge on any atom is 0.290 e. The predicted molar refractivity (Wildman–Crippen MR) is 42.7 cm³/mol. The van der Waals surface area contributed by atoms with Crippen LogP contribution in [0.15, 0.2) is 17.1 Å². The highest BCUT2D eigenvalue weighted by atomic mass is 16.3. The van der Waals surface area contributed by atoms with Crippen LogP contribution in [0.3, 0.4) is 0 Å². The van der Waals surface area contributed by atoms with Gasteiger partial charge in [-0.05, 0) is 0 Å². The van der Waals surface area contributed by atoms with Crippen molar-refractivity contribution in [1.29, 1.82) is 0 Å². The van der Waals surface area contributed by atoms with Crippen LogP contribution in [0, 0.1) is 11.8 Å². The van der Waals surface area contributed by atoms with Gasteiger partial charge < -0.3 is 15.2 Å². The van der Waals surface area contributed by atoms with Gasteiger partial charge in [-0.25, -0.2) is 0 Å². The van der Waals surface area contributed by atoms with Crippen molar-refractivity contribution in [3.05, 3.63) is 28.2 Å². The largest absolute Gasteiger partial charge is 0.503 e. The summed E-state index contributed by atoms with van der Waals surface area (Å²) in [6, 6.07) is 1.24. The number of aliphatic hydroxyl groups is 1. The fourth-order valence-electron chi connectivity index (χ4n) is 0.686. The summed E-state index contributed by atoms with van der Waals surface area (Å²) in [6.45, 7) is -0.250. The third kappa shape index (κ3) is 1.87. The molecule has 1 heterocycles. The maximum absolute atomic E-state index is 10.6. The minimum Gasteiger partial charge on any atom is -0.503 e. The summed E-state index contributed by atoms with van der Waals surface area (Å²) in [6.07, 6.45) is 1.37. The van der Waals surface area contributed by atoms with Crippen LogP contribution in [0.5, 0.6) is 5.75 Å². The number of nitrogens with one attached hydrogen (secondary N) is 1. The Kier molecular flexibility index (Phi) is 2.51. The lowest BCUT2D eigenvalue weighted by Gasteiger charge is -1.90. The Hall–Kier alpha value is -1.73. The number of aromatic hydroxyl groups is 1. The molecular weight excluding hydrogens is 158 g/mol. The van der Waals surface area contributed by atoms with Crippen LogP contribution in [-0.4, -0.2) is 21.8 Å². The summed E-state index contributed by atoms with van der Waals surface area (Å²) >= 11 is 0. The number of pyridine rings is 1. The topological polar surface area (TPSA) is 73.3 Å². The molecule has 0 fully saturated rings. The van der Waals surface area contributed by atoms with Crippen molar-refractivity contribution < 1.29 is 10.2 Å². The second-order valence-electron chi connectivity index (χ2n) is 2.06. The number of hydrogen-bond donors (Lipinski definition) is 3. The molecular formula is C8H7NO3. The van der Waals surface area contributed by atoms with Gasteiger partial charge in [0, 0.05) is 17.8 Å². The average molecular weight is 165 g/mol. The first-order valence-electron chi connectivity index (χ1n) is 3.25. The highest BCUT2D eigenvalue weighted by molar-refractivity contribution is 5.36. The molecule has 0 aromatic carbocycles. The molecule has 0 aliphatic rings. The van der Waals surface area contributed by atoms with Gasteiger partial charge in [-0.3, -0.25) is 4.79 Å². The molecule has 0 unspecified atom stereocenters. The van der Waals surface area contributed by atoms with E-state index in [1.54, 1.807) is 0 Å². The third-order valence-corrected chi connectivity index (χ3v) is 1.20. The molecule has 0 atom stereocenters. The molecule has 0 spiro atoms. The lowest BCUT2D eigenvalue weighted by atomic mass is 10.3. The van der Waals surface area contributed by atoms with Gasteiger partial charge in [0.25, 0.3) is 5.56 Å². The van der Waals surface area contributed by atoms with E-state index in [1.165, 1.54) is 12.3 Å². The number of hydrogen-bond acceptors (Lipinski definition) is 3. The van der Waals surface area contributed by atoms with E-state index in [2.05, 4.69) is 16.8 Å². The normalized spacial score (nSPS) is 8.75. The highest BCUT2D eigenvalue weighted by Gasteiger charge is 1.94. The number of aliphatic hydroxyl groups excluding tert-OH is 1. The van der Waals surface area contributed by atoms with Crippen molar-refractivity contribution in [3.8, 4) is 17.6 Å². The quantitative estimate of drug-likeness (QED) is 0.450. The van der Waals surface area contributed by atoms with Gasteiger partial charge >= 0.3 is 0 Å². The highest BCUT2D eigenvalue weighted by Crippen LogP contribution is 2.00. The lowest BCUT2D eigenvalue weighted by molar-refractivity contribution is 0.350. The van der Waals surface area contributed by atoms with Crippen molar-refractivity contribution in [2.75, 3.05) is 6.61 Å². The summed E-state index contributed by atoms with van der Waals surface area (Å²) < 4.78 is 0. The molecule has 0 radical (unpaired) electrons. The Labute approximate surface area is 68.5 Å². The molecule has 0 amide bonds. The van der Waals surface area contributed by atoms with Crippen LogP contribution >= 0.6 is 0 Å². The van der Waals surface area contributed by atoms with E-state index in [-0.39, 0.29) is 12.4 Å². The SMILES string of the molecule is O=c1[nH]cc(C#CCO)cc1O. The molecule has 1 rings (SSSR count). The van der Waals surface area contributed by atoms with Crippen LogP contribution in [0.4, 0.5) is 0 Å². The second-order valence-corrected chi connectivity index (χ2v) is 2.06. The van der Waals surface area contributed by atoms with Crippen LogP contribution in [0.1, 0.15) is 5.56 Å². The third-order valence-electron chi connectivity index (χ3n) is 1.20. The number of H-pyrrole nitrogens is 1. The minimum absolute atomic E-state index is 0.250. The summed E-state index contributed by atoms with van der Waals surface area (Å²) in [5, 5.41) is 17.3. The van der Waals surface area contributed by atoms with Gasteiger partial charge in [0.05, 0.1) is 0 Å². The molecule has 1 aromatic rings. The molecule has 0 saturated heterocycles. The molecule has 0 aliphatic carbocycles. The molecule has 4 nitrogen and oxygen atoms in total. The zero-order chi connectivity index (χ0) is 8.97. The van der Waals surface area contributed by atoms with Gasteiger partial charge in [-0.2, -0.15) is 0 Å². The van der Waals surface area contributed by atoms with Crippen molar-refractivity contribution in [1.82, 2.24) is 4.98 Å². The average Bonchev–Trinajstić information content (AvgIpc) is 2.07. The summed E-state index contributed by atoms with van der Waals surface area (Å²) in [7, 11) is 0. The van der Waals surface area contributed by atoms with E-state index < -0.39 is 5.56 Å². The molecule has 4 heteroatoms. The second kappa shape index (κ2) is 3.60. The van der Waals surface area contributed by atoms with Crippen molar-refractivity contribution >= 4 is 0 Å². The molecule has 0 aliphatic heterocycles. The fraction of sp³-hybridized carbons (Fsp3) is 0.125. The molecule has 0 bridgehead atoms. The molecule has 0 saturated carbocycles. The van der Waals surface area contributed by atoms with Gasteiger partial charge in [0.2, 0.25) is 0 Å². The van der Waals surface area contributed by atoms with Crippen LogP contribution in [0.25, 0.3) is 0 Å². The van der Waals surface area contributed by atoms with Crippen molar-refractivity contribution in [3.63, 3.8) is 0 Å². The van der Waals surface area contributed by atoms with Crippen molar-refractivity contribution in [2.24, 2.45) is 0 Å². The van der Waals surface area contributed by atoms with Crippen LogP contribution in [0.2, 0.25) is 0 Å². The number of rotatable bonds is 0. The summed E-state index contributed by atoms with van der Waals surface area (Å²) in [5.74, 6) is 4.54. The van der Waals surface area contributed by atoms with Crippen molar-refractivity contribution in [2.45, 2.75) is 0 Å². The van der Waals surface area contributed by atoms with E-state index >= 15 is 0 Å². The number of aromatic amines is 1. The first-order valence-corrected chi connectivity index (χ1v) is 3.25. The van der Waals surface area contributed by atoms with Crippen LogP contribution in [-0.2, 0) is 0 Å². The Balaban J connectivity index is 3.05. The smallest absolute Gasteiger partial charge is 0.290 e. The van der Waals surface area contributed by atoms with Gasteiger partial charge in [0.15, 0.2) is 5.75 Å². The number of aromatic nitrogens is 1. The summed E-state index contributed by atoms with van der Waals surface area (Å²) in [4.78, 5) is 12.9. The maximum atomic E-state index is 10.6. The standard InChI is InChI=1S/C8H7NO3/c10-3-1-2-6-4-7(11)8(12)9-5-6/h4-5,10-11H,3H2,(H,9,12). The Morgan fingerprint density at radius 3 is 2.92 bits per heavy atom. The Morgan fingerprint density at radius 1 is 1.58 bits per heavy atom. The minimum atomic E-state index is -0.551. The van der Waals surface area contributed by atoms with E-state index in [4.69, 9.17) is 10.2 Å².